The molecule has 20 heavy (non-hydrogen) atoms. The van der Waals surface area contributed by atoms with Gasteiger partial charge in [0.2, 0.25) is 0 Å². The van der Waals surface area contributed by atoms with Crippen molar-refractivity contribution in [3.05, 3.63) is 36.2 Å². The van der Waals surface area contributed by atoms with Crippen LogP contribution >= 0.6 is 0 Å². The maximum absolute atomic E-state index is 11.9. The molecule has 1 fully saturated rings. The van der Waals surface area contributed by atoms with Crippen molar-refractivity contribution in [2.75, 3.05) is 26.3 Å². The Morgan fingerprint density at radius 2 is 2.00 bits per heavy atom. The molecule has 1 aliphatic rings. The van der Waals surface area contributed by atoms with Gasteiger partial charge in [0.1, 0.15) is 0 Å². The minimum Gasteiger partial charge on any atom is -0.378 e. The molecule has 0 saturated carbocycles. The molecule has 2 aromatic rings. The Morgan fingerprint density at radius 1 is 1.25 bits per heavy atom. The Hall–Kier alpha value is -2.21. The molecule has 1 aliphatic heterocycles. The topological polar surface area (TPSA) is 67.4 Å². The summed E-state index contributed by atoms with van der Waals surface area (Å²) in [6.45, 7) is 2.85. The molecule has 1 N–H and O–H groups in total. The number of hydrogen-bond donors (Lipinski definition) is 1. The van der Waals surface area contributed by atoms with E-state index < -0.39 is 0 Å². The van der Waals surface area contributed by atoms with Crippen LogP contribution in [0.5, 0.6) is 0 Å². The van der Waals surface area contributed by atoms with Gasteiger partial charge < -0.3 is 15.0 Å². The maximum atomic E-state index is 11.9. The molecule has 1 saturated heterocycles. The van der Waals surface area contributed by atoms with E-state index in [-0.39, 0.29) is 6.03 Å². The van der Waals surface area contributed by atoms with Crippen LogP contribution in [-0.2, 0) is 11.3 Å². The number of nitrogens with one attached hydrogen (secondary N) is 1. The largest absolute Gasteiger partial charge is 0.378 e. The summed E-state index contributed by atoms with van der Waals surface area (Å²) in [5.41, 5.74) is 2.45. The van der Waals surface area contributed by atoms with E-state index in [0.717, 1.165) is 16.7 Å². The van der Waals surface area contributed by atoms with E-state index in [4.69, 9.17) is 4.74 Å². The zero-order chi connectivity index (χ0) is 13.8. The van der Waals surface area contributed by atoms with Crippen LogP contribution in [0, 0.1) is 0 Å². The molecule has 2 amide bonds. The van der Waals surface area contributed by atoms with E-state index >= 15 is 0 Å². The normalized spacial score (nSPS) is 15.3. The quantitative estimate of drug-likeness (QED) is 0.891. The van der Waals surface area contributed by atoms with Crippen LogP contribution in [0.1, 0.15) is 5.69 Å². The number of rotatable bonds is 2. The zero-order valence-electron chi connectivity index (χ0n) is 11.1. The number of benzene rings is 1. The van der Waals surface area contributed by atoms with Crippen LogP contribution < -0.4 is 5.32 Å². The fourth-order valence-corrected chi connectivity index (χ4v) is 2.13. The molecule has 0 spiro atoms. The van der Waals surface area contributed by atoms with Gasteiger partial charge in [-0.3, -0.25) is 4.98 Å². The number of urea groups is 1. The number of ether oxygens (including phenoxy) is 1. The summed E-state index contributed by atoms with van der Waals surface area (Å²) in [4.78, 5) is 22.5. The second kappa shape index (κ2) is 5.83. The highest BCUT2D eigenvalue weighted by Gasteiger charge is 2.16. The Balaban J connectivity index is 1.62. The lowest BCUT2D eigenvalue weighted by atomic mass is 10.3. The highest BCUT2D eigenvalue weighted by molar-refractivity contribution is 5.75. The lowest BCUT2D eigenvalue weighted by Crippen LogP contribution is -2.46. The van der Waals surface area contributed by atoms with Gasteiger partial charge in [-0.25, -0.2) is 9.78 Å². The van der Waals surface area contributed by atoms with E-state index in [1.165, 1.54) is 0 Å². The molecule has 2 heterocycles. The predicted octanol–water partition coefficient (Wildman–Crippen LogP) is 1.17. The molecule has 1 aromatic heterocycles. The molecule has 0 aliphatic carbocycles. The standard InChI is InChI=1S/C14H16N4O2/c19-14(18-5-7-20-8-6-18)16-10-11-9-15-12-3-1-2-4-13(12)17-11/h1-4,9H,5-8,10H2,(H,16,19). The summed E-state index contributed by atoms with van der Waals surface area (Å²) in [5, 5.41) is 2.86. The van der Waals surface area contributed by atoms with Gasteiger partial charge in [-0.05, 0) is 12.1 Å². The van der Waals surface area contributed by atoms with Crippen molar-refractivity contribution in [1.29, 1.82) is 0 Å². The first kappa shape index (κ1) is 12.8. The number of carbonyl (C=O) groups excluding carboxylic acids is 1. The molecule has 0 atom stereocenters. The molecule has 0 radical (unpaired) electrons. The third-order valence-electron chi connectivity index (χ3n) is 3.22. The smallest absolute Gasteiger partial charge is 0.317 e. The van der Waals surface area contributed by atoms with Gasteiger partial charge in [0.15, 0.2) is 0 Å². The van der Waals surface area contributed by atoms with Crippen LogP contribution in [0.3, 0.4) is 0 Å². The van der Waals surface area contributed by atoms with Gasteiger partial charge in [0.05, 0.1) is 42.7 Å². The van der Waals surface area contributed by atoms with Crippen molar-refractivity contribution in [2.45, 2.75) is 6.54 Å². The first-order valence-corrected chi connectivity index (χ1v) is 6.64. The lowest BCUT2D eigenvalue weighted by molar-refractivity contribution is 0.0531. The number of nitrogens with zero attached hydrogens (tertiary/aromatic N) is 3. The summed E-state index contributed by atoms with van der Waals surface area (Å²) < 4.78 is 5.22. The second-order valence-electron chi connectivity index (χ2n) is 4.61. The Morgan fingerprint density at radius 3 is 2.80 bits per heavy atom. The monoisotopic (exact) mass is 272 g/mol. The number of morpholine rings is 1. The molecule has 3 rings (SSSR count). The molecule has 104 valence electrons. The average Bonchev–Trinajstić information content (AvgIpc) is 2.53. The number of hydrogen-bond acceptors (Lipinski definition) is 4. The minimum absolute atomic E-state index is 0.0803. The fraction of sp³-hybridized carbons (Fsp3) is 0.357. The third-order valence-corrected chi connectivity index (χ3v) is 3.22. The van der Waals surface area contributed by atoms with Crippen LogP contribution in [0.15, 0.2) is 30.5 Å². The van der Waals surface area contributed by atoms with Crippen LogP contribution in [-0.4, -0.2) is 47.2 Å². The molecule has 1 aromatic carbocycles. The Bertz CT molecular complexity index is 611. The van der Waals surface area contributed by atoms with Crippen molar-refractivity contribution in [2.24, 2.45) is 0 Å². The SMILES string of the molecule is O=C(NCc1cnc2ccccc2n1)N1CCOCC1. The van der Waals surface area contributed by atoms with Crippen LogP contribution in [0.4, 0.5) is 4.79 Å². The molecule has 0 unspecified atom stereocenters. The van der Waals surface area contributed by atoms with E-state index in [9.17, 15) is 4.79 Å². The van der Waals surface area contributed by atoms with Gasteiger partial charge in [-0.2, -0.15) is 0 Å². The highest BCUT2D eigenvalue weighted by Crippen LogP contribution is 2.08. The third kappa shape index (κ3) is 2.85. The van der Waals surface area contributed by atoms with E-state index in [0.29, 0.717) is 32.8 Å². The molecule has 6 nitrogen and oxygen atoms in total. The summed E-state index contributed by atoms with van der Waals surface area (Å²) in [5.74, 6) is 0. The molecular weight excluding hydrogens is 256 g/mol. The van der Waals surface area contributed by atoms with Gasteiger partial charge in [0.25, 0.3) is 0 Å². The second-order valence-corrected chi connectivity index (χ2v) is 4.61. The van der Waals surface area contributed by atoms with Crippen LogP contribution in [0.2, 0.25) is 0 Å². The van der Waals surface area contributed by atoms with E-state index in [1.807, 2.05) is 24.3 Å². The van der Waals surface area contributed by atoms with Crippen molar-refractivity contribution < 1.29 is 9.53 Å². The molecule has 6 heteroatoms. The van der Waals surface area contributed by atoms with Crippen LogP contribution in [0.25, 0.3) is 11.0 Å². The number of amides is 2. The molecular formula is C14H16N4O2. The number of fused-ring (bicyclic) bond motifs is 1. The lowest BCUT2D eigenvalue weighted by Gasteiger charge is -2.26. The molecule has 0 bridgehead atoms. The summed E-state index contributed by atoms with van der Waals surface area (Å²) in [7, 11) is 0. The van der Waals surface area contributed by atoms with Crippen molar-refractivity contribution >= 4 is 17.1 Å². The van der Waals surface area contributed by atoms with Gasteiger partial charge in [-0.15, -0.1) is 0 Å². The van der Waals surface area contributed by atoms with Gasteiger partial charge in [-0.1, -0.05) is 12.1 Å². The van der Waals surface area contributed by atoms with E-state index in [2.05, 4.69) is 15.3 Å². The first-order chi connectivity index (χ1) is 9.83. The van der Waals surface area contributed by atoms with Crippen molar-refractivity contribution in [3.63, 3.8) is 0 Å². The fourth-order valence-electron chi connectivity index (χ4n) is 2.13. The van der Waals surface area contributed by atoms with E-state index in [1.54, 1.807) is 11.1 Å². The average molecular weight is 272 g/mol. The van der Waals surface area contributed by atoms with Crippen molar-refractivity contribution in [3.8, 4) is 0 Å². The number of carbonyl (C=O) groups is 1. The number of para-hydroxylation sites is 2. The van der Waals surface area contributed by atoms with Gasteiger partial charge >= 0.3 is 6.03 Å². The van der Waals surface area contributed by atoms with Gasteiger partial charge in [0, 0.05) is 13.1 Å². The summed E-state index contributed by atoms with van der Waals surface area (Å²) in [6, 6.07) is 7.60. The Labute approximate surface area is 116 Å². The zero-order valence-corrected chi connectivity index (χ0v) is 11.1. The first-order valence-electron chi connectivity index (χ1n) is 6.64. The summed E-state index contributed by atoms with van der Waals surface area (Å²) >= 11 is 0. The highest BCUT2D eigenvalue weighted by atomic mass is 16.5. The Kier molecular flexibility index (Phi) is 3.73. The van der Waals surface area contributed by atoms with Crippen molar-refractivity contribution in [1.82, 2.24) is 20.2 Å². The predicted molar refractivity (Wildman–Crippen MR) is 74.2 cm³/mol. The minimum atomic E-state index is -0.0803. The summed E-state index contributed by atoms with van der Waals surface area (Å²) in [6.07, 6.45) is 1.70. The number of aromatic nitrogens is 2. The maximum Gasteiger partial charge on any atom is 0.317 e.